The van der Waals surface area contributed by atoms with Crippen LogP contribution in [0.4, 0.5) is 13.2 Å². The van der Waals surface area contributed by atoms with Crippen molar-refractivity contribution in [2.24, 2.45) is 0 Å². The van der Waals surface area contributed by atoms with Crippen LogP contribution in [0.3, 0.4) is 0 Å². The van der Waals surface area contributed by atoms with Gasteiger partial charge in [0, 0.05) is 19.0 Å². The number of carbonyl (C=O) groups is 1. The summed E-state index contributed by atoms with van der Waals surface area (Å²) >= 11 is 0. The number of hydrogen-bond acceptors (Lipinski definition) is 2. The van der Waals surface area contributed by atoms with E-state index in [2.05, 4.69) is 9.73 Å². The molecular formula is C9H10F3NO2. The number of amides is 1. The van der Waals surface area contributed by atoms with Gasteiger partial charge >= 0.3 is 6.18 Å². The van der Waals surface area contributed by atoms with Gasteiger partial charge in [-0.1, -0.05) is 0 Å². The molecule has 0 bridgehead atoms. The smallest absolute Gasteiger partial charge is 0.449 e. The minimum Gasteiger partial charge on any atom is -0.456 e. The van der Waals surface area contributed by atoms with Crippen LogP contribution in [-0.4, -0.2) is 5.91 Å². The van der Waals surface area contributed by atoms with Crippen molar-refractivity contribution in [3.63, 3.8) is 0 Å². The third kappa shape index (κ3) is 3.00. The summed E-state index contributed by atoms with van der Waals surface area (Å²) in [5.74, 6) is -1.27. The number of hydrogen-bond donors (Lipinski definition) is 1. The number of nitrogens with one attached hydrogen (secondary N) is 1. The van der Waals surface area contributed by atoms with Crippen LogP contribution in [0.2, 0.25) is 0 Å². The average molecular weight is 221 g/mol. The highest BCUT2D eigenvalue weighted by atomic mass is 19.4. The summed E-state index contributed by atoms with van der Waals surface area (Å²) in [6.45, 7) is 2.48. The zero-order chi connectivity index (χ0) is 11.6. The fourth-order valence-corrected chi connectivity index (χ4v) is 1.16. The minimum atomic E-state index is -4.53. The first kappa shape index (κ1) is 11.6. The van der Waals surface area contributed by atoms with Crippen LogP contribution < -0.4 is 5.32 Å². The van der Waals surface area contributed by atoms with Crippen LogP contribution >= 0.6 is 0 Å². The summed E-state index contributed by atoms with van der Waals surface area (Å²) in [4.78, 5) is 10.6. The fraction of sp³-hybridized carbons (Fsp3) is 0.444. The van der Waals surface area contributed by atoms with E-state index in [1.807, 2.05) is 0 Å². The molecule has 1 heterocycles. The van der Waals surface area contributed by atoms with E-state index >= 15 is 0 Å². The minimum absolute atomic E-state index is 0.0600. The second kappa shape index (κ2) is 3.96. The molecule has 1 rings (SSSR count). The summed E-state index contributed by atoms with van der Waals surface area (Å²) in [5.41, 5.74) is -0.0600. The second-order valence-electron chi connectivity index (χ2n) is 3.12. The van der Waals surface area contributed by atoms with Crippen LogP contribution in [0.5, 0.6) is 0 Å². The zero-order valence-corrected chi connectivity index (χ0v) is 8.23. The largest absolute Gasteiger partial charge is 0.456 e. The van der Waals surface area contributed by atoms with Crippen molar-refractivity contribution in [1.29, 1.82) is 0 Å². The molecule has 1 N–H and O–H groups in total. The molecule has 0 atom stereocenters. The molecule has 0 aromatic carbocycles. The Balaban J connectivity index is 2.91. The van der Waals surface area contributed by atoms with E-state index in [1.54, 1.807) is 0 Å². The number of aryl methyl sites for hydroxylation is 1. The van der Waals surface area contributed by atoms with E-state index < -0.39 is 11.9 Å². The third-order valence-electron chi connectivity index (χ3n) is 1.72. The molecular weight excluding hydrogens is 211 g/mol. The maximum Gasteiger partial charge on any atom is 0.449 e. The predicted octanol–water partition coefficient (Wildman–Crippen LogP) is 2.24. The van der Waals surface area contributed by atoms with E-state index in [1.165, 1.54) is 19.9 Å². The molecule has 0 saturated heterocycles. The van der Waals surface area contributed by atoms with E-state index in [-0.39, 0.29) is 23.8 Å². The SMILES string of the molecule is CC(=O)NCc1cc(C)oc1C(F)(F)F. The maximum atomic E-state index is 12.4. The molecule has 15 heavy (non-hydrogen) atoms. The Bertz CT molecular complexity index is 368. The van der Waals surface area contributed by atoms with Crippen molar-refractivity contribution in [2.45, 2.75) is 26.6 Å². The van der Waals surface area contributed by atoms with Crippen LogP contribution in [0.15, 0.2) is 10.5 Å². The summed E-state index contributed by atoms with van der Waals surface area (Å²) in [6, 6.07) is 1.26. The van der Waals surface area contributed by atoms with E-state index in [0.717, 1.165) is 0 Å². The Morgan fingerprint density at radius 2 is 2.13 bits per heavy atom. The van der Waals surface area contributed by atoms with E-state index in [9.17, 15) is 18.0 Å². The van der Waals surface area contributed by atoms with Crippen molar-refractivity contribution >= 4 is 5.91 Å². The Kier molecular flexibility index (Phi) is 3.06. The molecule has 0 radical (unpaired) electrons. The predicted molar refractivity (Wildman–Crippen MR) is 46.0 cm³/mol. The van der Waals surface area contributed by atoms with Gasteiger partial charge in [0.2, 0.25) is 11.7 Å². The van der Waals surface area contributed by atoms with Gasteiger partial charge in [0.25, 0.3) is 0 Å². The first-order valence-electron chi connectivity index (χ1n) is 4.21. The fourth-order valence-electron chi connectivity index (χ4n) is 1.16. The molecule has 0 fully saturated rings. The molecule has 6 heteroatoms. The molecule has 0 saturated carbocycles. The highest BCUT2D eigenvalue weighted by molar-refractivity contribution is 5.72. The third-order valence-corrected chi connectivity index (χ3v) is 1.72. The molecule has 0 aliphatic carbocycles. The molecule has 0 spiro atoms. The topological polar surface area (TPSA) is 42.2 Å². The Labute approximate surface area is 84.3 Å². The molecule has 1 amide bonds. The maximum absolute atomic E-state index is 12.4. The summed E-state index contributed by atoms with van der Waals surface area (Å²) in [5, 5.41) is 2.29. The number of rotatable bonds is 2. The van der Waals surface area contributed by atoms with Gasteiger partial charge in [0.1, 0.15) is 5.76 Å². The quantitative estimate of drug-likeness (QED) is 0.832. The highest BCUT2D eigenvalue weighted by Crippen LogP contribution is 2.33. The van der Waals surface area contributed by atoms with E-state index in [4.69, 9.17) is 0 Å². The van der Waals surface area contributed by atoms with Crippen LogP contribution in [0.25, 0.3) is 0 Å². The monoisotopic (exact) mass is 221 g/mol. The van der Waals surface area contributed by atoms with Crippen molar-refractivity contribution in [3.8, 4) is 0 Å². The van der Waals surface area contributed by atoms with Gasteiger partial charge in [0.05, 0.1) is 0 Å². The van der Waals surface area contributed by atoms with Gasteiger partial charge in [0.15, 0.2) is 0 Å². The van der Waals surface area contributed by atoms with Crippen molar-refractivity contribution in [3.05, 3.63) is 23.2 Å². The van der Waals surface area contributed by atoms with Gasteiger partial charge < -0.3 is 9.73 Å². The lowest BCUT2D eigenvalue weighted by Crippen LogP contribution is -2.20. The van der Waals surface area contributed by atoms with Crippen LogP contribution in [0, 0.1) is 6.92 Å². The molecule has 0 unspecified atom stereocenters. The Morgan fingerprint density at radius 1 is 1.53 bits per heavy atom. The standard InChI is InChI=1S/C9H10F3NO2/c1-5-3-7(4-13-6(2)14)8(15-5)9(10,11)12/h3H,4H2,1-2H3,(H,13,14). The first-order valence-corrected chi connectivity index (χ1v) is 4.21. The number of halogens is 3. The van der Waals surface area contributed by atoms with Gasteiger partial charge in [-0.3, -0.25) is 4.79 Å². The Morgan fingerprint density at radius 3 is 2.60 bits per heavy atom. The van der Waals surface area contributed by atoms with Crippen LogP contribution in [-0.2, 0) is 17.5 Å². The number of alkyl halides is 3. The number of carbonyl (C=O) groups excluding carboxylic acids is 1. The van der Waals surface area contributed by atoms with Crippen LogP contribution in [0.1, 0.15) is 24.0 Å². The first-order chi connectivity index (χ1) is 6.80. The Hall–Kier alpha value is -1.46. The lowest BCUT2D eigenvalue weighted by atomic mass is 10.2. The van der Waals surface area contributed by atoms with Gasteiger partial charge in [-0.05, 0) is 13.0 Å². The normalized spacial score (nSPS) is 11.5. The molecule has 1 aromatic heterocycles. The number of furan rings is 1. The molecule has 0 aliphatic heterocycles. The zero-order valence-electron chi connectivity index (χ0n) is 8.23. The molecule has 1 aromatic rings. The highest BCUT2D eigenvalue weighted by Gasteiger charge is 2.37. The van der Waals surface area contributed by atoms with Gasteiger partial charge in [-0.15, -0.1) is 0 Å². The van der Waals surface area contributed by atoms with Crippen molar-refractivity contribution in [1.82, 2.24) is 5.32 Å². The second-order valence-corrected chi connectivity index (χ2v) is 3.12. The van der Waals surface area contributed by atoms with Gasteiger partial charge in [-0.2, -0.15) is 13.2 Å². The average Bonchev–Trinajstić information content (AvgIpc) is 2.42. The lowest BCUT2D eigenvalue weighted by Gasteiger charge is -2.06. The van der Waals surface area contributed by atoms with Gasteiger partial charge in [-0.25, -0.2) is 0 Å². The summed E-state index contributed by atoms with van der Waals surface area (Å²) in [7, 11) is 0. The van der Waals surface area contributed by atoms with E-state index in [0.29, 0.717) is 0 Å². The molecule has 0 aliphatic rings. The lowest BCUT2D eigenvalue weighted by molar-refractivity contribution is -0.154. The van der Waals surface area contributed by atoms with Crippen molar-refractivity contribution < 1.29 is 22.4 Å². The van der Waals surface area contributed by atoms with Crippen molar-refractivity contribution in [2.75, 3.05) is 0 Å². The molecule has 3 nitrogen and oxygen atoms in total. The summed E-state index contributed by atoms with van der Waals surface area (Å²) < 4.78 is 41.7. The molecule has 84 valence electrons. The summed E-state index contributed by atoms with van der Waals surface area (Å²) in [6.07, 6.45) is -4.53.